The van der Waals surface area contributed by atoms with E-state index in [-0.39, 0.29) is 26.2 Å². The van der Waals surface area contributed by atoms with Crippen LogP contribution in [0.1, 0.15) is 5.56 Å². The molecule has 1 atom stereocenters. The lowest BCUT2D eigenvalue weighted by atomic mass is 10.2. The minimum Gasteiger partial charge on any atom is -0.351 e. The van der Waals surface area contributed by atoms with E-state index in [9.17, 15) is 14.4 Å². The fraction of sp³-hybridized carbons (Fsp3) is 0.286. The third-order valence-electron chi connectivity index (χ3n) is 4.72. The van der Waals surface area contributed by atoms with Crippen LogP contribution in [0.25, 0.3) is 0 Å². The molecule has 0 radical (unpaired) electrons. The number of carbonyl (C=O) groups is 3. The van der Waals surface area contributed by atoms with Crippen molar-refractivity contribution in [2.45, 2.75) is 13.1 Å². The molecule has 9 nitrogen and oxygen atoms in total. The molecule has 0 bridgehead atoms. The van der Waals surface area contributed by atoms with E-state index in [4.69, 9.17) is 5.73 Å². The summed E-state index contributed by atoms with van der Waals surface area (Å²) >= 11 is 3.36. The van der Waals surface area contributed by atoms with Gasteiger partial charge in [-0.15, -0.1) is 0 Å². The van der Waals surface area contributed by atoms with Crippen LogP contribution in [0.4, 0.5) is 21.0 Å². The van der Waals surface area contributed by atoms with Gasteiger partial charge < -0.3 is 21.7 Å². The monoisotopic (exact) mass is 488 g/mol. The minimum atomic E-state index is -1.09. The number of nitrogens with zero attached hydrogens (tertiary/aromatic N) is 2. The Balaban J connectivity index is 1.78. The molecule has 31 heavy (non-hydrogen) atoms. The Labute approximate surface area is 189 Å². The molecule has 0 saturated carbocycles. The summed E-state index contributed by atoms with van der Waals surface area (Å²) in [5.41, 5.74) is 7.67. The summed E-state index contributed by atoms with van der Waals surface area (Å²) in [6, 6.07) is 13.5. The van der Waals surface area contributed by atoms with E-state index in [0.29, 0.717) is 11.4 Å². The molecular formula is C21H25BrN6O3. The van der Waals surface area contributed by atoms with Crippen molar-refractivity contribution in [1.82, 2.24) is 15.1 Å². The van der Waals surface area contributed by atoms with Crippen LogP contribution >= 0.6 is 15.9 Å². The number of urea groups is 2. The van der Waals surface area contributed by atoms with Gasteiger partial charge in [-0.2, -0.15) is 0 Å². The zero-order chi connectivity index (χ0) is 22.4. The van der Waals surface area contributed by atoms with Gasteiger partial charge in [0.05, 0.1) is 0 Å². The second-order valence-electron chi connectivity index (χ2n) is 7.08. The molecule has 2 aromatic rings. The summed E-state index contributed by atoms with van der Waals surface area (Å²) in [6.07, 6.45) is -1.09. The number of hydrogen-bond donors (Lipinski definition) is 4. The van der Waals surface area contributed by atoms with Crippen LogP contribution in [-0.2, 0) is 4.79 Å². The number of nitrogens with two attached hydrogens (primary N) is 1. The average molecular weight is 489 g/mol. The maximum absolute atomic E-state index is 12.9. The van der Waals surface area contributed by atoms with E-state index in [1.807, 2.05) is 31.2 Å². The molecule has 164 valence electrons. The molecule has 1 aliphatic heterocycles. The summed E-state index contributed by atoms with van der Waals surface area (Å²) in [5, 5.41) is 8.25. The summed E-state index contributed by atoms with van der Waals surface area (Å²) in [4.78, 5) is 41.4. The zero-order valence-corrected chi connectivity index (χ0v) is 18.7. The first-order valence-electron chi connectivity index (χ1n) is 9.84. The molecule has 2 aromatic carbocycles. The van der Waals surface area contributed by atoms with Gasteiger partial charge in [-0.25, -0.2) is 9.59 Å². The lowest BCUT2D eigenvalue weighted by Gasteiger charge is -2.29. The number of halogens is 1. The molecule has 3 rings (SSSR count). The highest BCUT2D eigenvalue weighted by molar-refractivity contribution is 9.10. The molecule has 1 unspecified atom stereocenters. The van der Waals surface area contributed by atoms with Crippen LogP contribution in [0.15, 0.2) is 53.0 Å². The molecule has 1 saturated heterocycles. The van der Waals surface area contributed by atoms with Crippen molar-refractivity contribution in [3.8, 4) is 0 Å². The number of hydrogen-bond acceptors (Lipinski definition) is 4. The Morgan fingerprint density at radius 2 is 1.58 bits per heavy atom. The van der Waals surface area contributed by atoms with Gasteiger partial charge in [-0.1, -0.05) is 34.1 Å². The number of anilines is 2. The lowest BCUT2D eigenvalue weighted by Crippen LogP contribution is -2.55. The SMILES string of the molecule is Cc1cccc(NC(=O)N2CCN(C(=O)Nc3cccc(Br)c3)C2C(=O)NCCN)c1. The number of benzene rings is 2. The highest BCUT2D eigenvalue weighted by Gasteiger charge is 2.42. The largest absolute Gasteiger partial charge is 0.351 e. The first-order chi connectivity index (χ1) is 14.9. The van der Waals surface area contributed by atoms with Crippen molar-refractivity contribution in [2.24, 2.45) is 5.73 Å². The van der Waals surface area contributed by atoms with Gasteiger partial charge in [-0.05, 0) is 42.8 Å². The van der Waals surface area contributed by atoms with E-state index in [2.05, 4.69) is 31.9 Å². The number of nitrogens with one attached hydrogen (secondary N) is 3. The first-order valence-corrected chi connectivity index (χ1v) is 10.6. The highest BCUT2D eigenvalue weighted by atomic mass is 79.9. The molecule has 1 heterocycles. The van der Waals surface area contributed by atoms with E-state index in [1.54, 1.807) is 24.3 Å². The second kappa shape index (κ2) is 10.3. The smallest absolute Gasteiger partial charge is 0.323 e. The third-order valence-corrected chi connectivity index (χ3v) is 5.21. The zero-order valence-electron chi connectivity index (χ0n) is 17.1. The molecule has 0 spiro atoms. The number of aryl methyl sites for hydroxylation is 1. The number of carbonyl (C=O) groups excluding carboxylic acids is 3. The normalized spacial score (nSPS) is 15.5. The van der Waals surface area contributed by atoms with Crippen LogP contribution < -0.4 is 21.7 Å². The fourth-order valence-electron chi connectivity index (χ4n) is 3.30. The van der Waals surface area contributed by atoms with Crippen LogP contribution in [0.5, 0.6) is 0 Å². The van der Waals surface area contributed by atoms with Gasteiger partial charge in [0.2, 0.25) is 0 Å². The van der Waals surface area contributed by atoms with E-state index in [1.165, 1.54) is 9.80 Å². The van der Waals surface area contributed by atoms with Crippen LogP contribution in [0.2, 0.25) is 0 Å². The van der Waals surface area contributed by atoms with E-state index >= 15 is 0 Å². The Bertz CT molecular complexity index is 902. The Hall–Kier alpha value is -3.11. The molecule has 1 fully saturated rings. The summed E-state index contributed by atoms with van der Waals surface area (Å²) in [5.74, 6) is -0.466. The Morgan fingerprint density at radius 1 is 1.00 bits per heavy atom. The van der Waals surface area contributed by atoms with Gasteiger partial charge in [-0.3, -0.25) is 14.6 Å². The van der Waals surface area contributed by atoms with Crippen molar-refractivity contribution in [3.63, 3.8) is 0 Å². The lowest BCUT2D eigenvalue weighted by molar-refractivity contribution is -0.127. The van der Waals surface area contributed by atoms with Gasteiger partial charge in [0, 0.05) is 42.0 Å². The van der Waals surface area contributed by atoms with Crippen molar-refractivity contribution >= 4 is 45.3 Å². The van der Waals surface area contributed by atoms with Crippen LogP contribution in [-0.4, -0.2) is 60.1 Å². The number of rotatable bonds is 5. The predicted molar refractivity (Wildman–Crippen MR) is 123 cm³/mol. The van der Waals surface area contributed by atoms with Crippen molar-refractivity contribution < 1.29 is 14.4 Å². The fourth-order valence-corrected chi connectivity index (χ4v) is 3.70. The van der Waals surface area contributed by atoms with Crippen LogP contribution in [0, 0.1) is 6.92 Å². The summed E-state index contributed by atoms with van der Waals surface area (Å²) < 4.78 is 0.808. The maximum Gasteiger partial charge on any atom is 0.323 e. The molecule has 5 N–H and O–H groups in total. The Morgan fingerprint density at radius 3 is 2.13 bits per heavy atom. The van der Waals surface area contributed by atoms with Crippen molar-refractivity contribution in [3.05, 3.63) is 58.6 Å². The molecular weight excluding hydrogens is 464 g/mol. The van der Waals surface area contributed by atoms with E-state index in [0.717, 1.165) is 10.0 Å². The molecule has 1 aliphatic rings. The third kappa shape index (κ3) is 5.74. The quantitative estimate of drug-likeness (QED) is 0.516. The van der Waals surface area contributed by atoms with Gasteiger partial charge in [0.1, 0.15) is 0 Å². The van der Waals surface area contributed by atoms with Gasteiger partial charge in [0.15, 0.2) is 6.17 Å². The predicted octanol–water partition coefficient (Wildman–Crippen LogP) is 2.54. The number of amides is 5. The first kappa shape index (κ1) is 22.6. The van der Waals surface area contributed by atoms with E-state index < -0.39 is 24.1 Å². The molecule has 0 aliphatic carbocycles. The van der Waals surface area contributed by atoms with Crippen LogP contribution in [0.3, 0.4) is 0 Å². The van der Waals surface area contributed by atoms with Crippen molar-refractivity contribution in [1.29, 1.82) is 0 Å². The second-order valence-corrected chi connectivity index (χ2v) is 8.00. The molecule has 0 aromatic heterocycles. The topological polar surface area (TPSA) is 120 Å². The van der Waals surface area contributed by atoms with Crippen molar-refractivity contribution in [2.75, 3.05) is 36.8 Å². The maximum atomic E-state index is 12.9. The standard InChI is InChI=1S/C21H25BrN6O3/c1-14-4-2-6-16(12-14)25-20(30)27-10-11-28(19(27)18(29)24-9-8-23)21(31)26-17-7-3-5-15(22)13-17/h2-7,12-13,19H,8-11,23H2,1H3,(H,24,29)(H,25,30)(H,26,31). The average Bonchev–Trinajstić information content (AvgIpc) is 3.17. The summed E-state index contributed by atoms with van der Waals surface area (Å²) in [7, 11) is 0. The molecule has 5 amide bonds. The highest BCUT2D eigenvalue weighted by Crippen LogP contribution is 2.21. The minimum absolute atomic E-state index is 0.210. The van der Waals surface area contributed by atoms with Gasteiger partial charge >= 0.3 is 12.1 Å². The summed E-state index contributed by atoms with van der Waals surface area (Å²) in [6.45, 7) is 2.83. The molecule has 10 heteroatoms. The Kier molecular flexibility index (Phi) is 7.48. The van der Waals surface area contributed by atoms with Gasteiger partial charge in [0.25, 0.3) is 5.91 Å².